The number of thiazole rings is 1. The van der Waals surface area contributed by atoms with E-state index in [9.17, 15) is 4.79 Å². The minimum Gasteiger partial charge on any atom is -0.381 e. The summed E-state index contributed by atoms with van der Waals surface area (Å²) in [6.07, 6.45) is 3.18. The van der Waals surface area contributed by atoms with E-state index >= 15 is 0 Å². The number of amides is 1. The maximum atomic E-state index is 12.4. The highest BCUT2D eigenvalue weighted by Gasteiger charge is 2.39. The fraction of sp³-hybridized carbons (Fsp3) is 0.692. The summed E-state index contributed by atoms with van der Waals surface area (Å²) in [4.78, 5) is 17.8. The number of halogens is 1. The number of ether oxygens (including phenoxy) is 1. The molecule has 114 valence electrons. The van der Waals surface area contributed by atoms with Crippen molar-refractivity contribution in [2.75, 3.05) is 25.1 Å². The van der Waals surface area contributed by atoms with Gasteiger partial charge in [0.1, 0.15) is 0 Å². The molecule has 1 aromatic rings. The topological polar surface area (TPSA) is 77.2 Å². The van der Waals surface area contributed by atoms with Gasteiger partial charge in [-0.2, -0.15) is 0 Å². The first-order valence-electron chi connectivity index (χ1n) is 6.62. The fourth-order valence-corrected chi connectivity index (χ4v) is 2.94. The Morgan fingerprint density at radius 3 is 2.70 bits per heavy atom. The second kappa shape index (κ2) is 7.36. The van der Waals surface area contributed by atoms with Crippen molar-refractivity contribution in [2.45, 2.75) is 32.6 Å². The van der Waals surface area contributed by atoms with Gasteiger partial charge in [0.25, 0.3) is 0 Å². The maximum Gasteiger partial charge on any atom is 0.233 e. The molecule has 20 heavy (non-hydrogen) atoms. The van der Waals surface area contributed by atoms with Crippen molar-refractivity contribution >= 4 is 34.8 Å². The molecular weight excluding hydrogens is 298 g/mol. The first-order chi connectivity index (χ1) is 9.07. The summed E-state index contributed by atoms with van der Waals surface area (Å²) >= 11 is 1.53. The molecule has 1 saturated heterocycles. The van der Waals surface area contributed by atoms with Crippen LogP contribution >= 0.6 is 23.7 Å². The summed E-state index contributed by atoms with van der Waals surface area (Å²) < 4.78 is 5.31. The summed E-state index contributed by atoms with van der Waals surface area (Å²) in [5.74, 6) is 0.401. The molecule has 0 aliphatic carbocycles. The van der Waals surface area contributed by atoms with E-state index in [0.29, 0.717) is 43.6 Å². The van der Waals surface area contributed by atoms with E-state index in [1.54, 1.807) is 0 Å². The molecule has 0 saturated carbocycles. The molecule has 0 radical (unpaired) electrons. The van der Waals surface area contributed by atoms with Gasteiger partial charge >= 0.3 is 0 Å². The zero-order chi connectivity index (χ0) is 13.9. The van der Waals surface area contributed by atoms with Gasteiger partial charge in [0.2, 0.25) is 5.91 Å². The molecule has 0 aromatic carbocycles. The number of rotatable bonds is 4. The van der Waals surface area contributed by atoms with Crippen LogP contribution in [0.2, 0.25) is 0 Å². The van der Waals surface area contributed by atoms with Crippen LogP contribution in [-0.4, -0.2) is 30.6 Å². The van der Waals surface area contributed by atoms with E-state index in [1.807, 2.05) is 6.20 Å². The molecule has 0 unspecified atom stereocenters. The van der Waals surface area contributed by atoms with Crippen LogP contribution in [-0.2, 0) is 9.53 Å². The Balaban J connectivity index is 0.00000200. The van der Waals surface area contributed by atoms with Crippen molar-refractivity contribution < 1.29 is 9.53 Å². The number of nitrogens with zero attached hydrogens (tertiary/aromatic N) is 1. The number of hydrogen-bond donors (Lipinski definition) is 2. The van der Waals surface area contributed by atoms with Gasteiger partial charge in [-0.25, -0.2) is 4.98 Å². The monoisotopic (exact) mass is 319 g/mol. The normalized spacial score (nSPS) is 17.6. The molecule has 1 amide bonds. The third kappa shape index (κ3) is 3.69. The average molecular weight is 320 g/mol. The first-order valence-corrected chi connectivity index (χ1v) is 7.44. The van der Waals surface area contributed by atoms with Crippen LogP contribution in [0.25, 0.3) is 0 Å². The lowest BCUT2D eigenvalue weighted by Crippen LogP contribution is -2.46. The van der Waals surface area contributed by atoms with E-state index in [-0.39, 0.29) is 18.3 Å². The van der Waals surface area contributed by atoms with Crippen LogP contribution in [0, 0.1) is 5.41 Å². The average Bonchev–Trinajstić information content (AvgIpc) is 2.88. The predicted molar refractivity (Wildman–Crippen MR) is 83.6 cm³/mol. The van der Waals surface area contributed by atoms with Crippen LogP contribution in [0.3, 0.4) is 0 Å². The van der Waals surface area contributed by atoms with Crippen molar-refractivity contribution in [1.29, 1.82) is 0 Å². The lowest BCUT2D eigenvalue weighted by molar-refractivity contribution is -0.130. The van der Waals surface area contributed by atoms with Crippen molar-refractivity contribution in [2.24, 2.45) is 11.1 Å². The second-order valence-electron chi connectivity index (χ2n) is 5.27. The van der Waals surface area contributed by atoms with E-state index in [2.05, 4.69) is 24.1 Å². The molecule has 2 rings (SSSR count). The Morgan fingerprint density at radius 2 is 2.20 bits per heavy atom. The Kier molecular flexibility index (Phi) is 6.39. The van der Waals surface area contributed by atoms with Crippen LogP contribution in [0.15, 0.2) is 6.20 Å². The fourth-order valence-electron chi connectivity index (χ4n) is 2.13. The molecule has 1 aromatic heterocycles. The Hall–Kier alpha value is -0.690. The molecule has 1 fully saturated rings. The summed E-state index contributed by atoms with van der Waals surface area (Å²) in [6.45, 7) is 5.77. The van der Waals surface area contributed by atoms with Gasteiger partial charge in [0.05, 0.1) is 5.41 Å². The van der Waals surface area contributed by atoms with Crippen LogP contribution in [0.4, 0.5) is 5.13 Å². The predicted octanol–water partition coefficient (Wildman–Crippen LogP) is 2.38. The third-order valence-electron chi connectivity index (χ3n) is 3.64. The zero-order valence-electron chi connectivity index (χ0n) is 11.8. The summed E-state index contributed by atoms with van der Waals surface area (Å²) in [7, 11) is 0. The van der Waals surface area contributed by atoms with Gasteiger partial charge in [-0.15, -0.1) is 23.7 Å². The highest BCUT2D eigenvalue weighted by Crippen LogP contribution is 2.32. The van der Waals surface area contributed by atoms with Crippen molar-refractivity contribution in [3.63, 3.8) is 0 Å². The van der Waals surface area contributed by atoms with E-state index in [0.717, 1.165) is 0 Å². The molecule has 5 nitrogen and oxygen atoms in total. The smallest absolute Gasteiger partial charge is 0.233 e. The molecule has 2 heterocycles. The maximum absolute atomic E-state index is 12.4. The third-order valence-corrected chi connectivity index (χ3v) is 4.85. The number of carbonyl (C=O) groups is 1. The van der Waals surface area contributed by atoms with Crippen molar-refractivity contribution in [3.05, 3.63) is 11.1 Å². The number of nitrogens with one attached hydrogen (secondary N) is 1. The van der Waals surface area contributed by atoms with Crippen molar-refractivity contribution in [1.82, 2.24) is 4.98 Å². The van der Waals surface area contributed by atoms with Gasteiger partial charge in [-0.05, 0) is 18.8 Å². The van der Waals surface area contributed by atoms with Gasteiger partial charge < -0.3 is 15.8 Å². The number of hydrogen-bond acceptors (Lipinski definition) is 5. The molecule has 0 bridgehead atoms. The van der Waals surface area contributed by atoms with E-state index in [4.69, 9.17) is 10.5 Å². The van der Waals surface area contributed by atoms with Gasteiger partial charge in [0.15, 0.2) is 5.13 Å². The highest BCUT2D eigenvalue weighted by atomic mass is 35.5. The molecule has 0 atom stereocenters. The van der Waals surface area contributed by atoms with Crippen LogP contribution in [0.1, 0.15) is 37.5 Å². The molecular formula is C13H22ClN3O2S. The Morgan fingerprint density at radius 1 is 1.55 bits per heavy atom. The molecule has 7 heteroatoms. The lowest BCUT2D eigenvalue weighted by atomic mass is 9.79. The SMILES string of the molecule is CC(C)c1cnc(NC(=O)C2(CN)CCOCC2)s1.Cl. The summed E-state index contributed by atoms with van der Waals surface area (Å²) in [6, 6.07) is 0. The van der Waals surface area contributed by atoms with Crippen LogP contribution in [0.5, 0.6) is 0 Å². The quantitative estimate of drug-likeness (QED) is 0.893. The van der Waals surface area contributed by atoms with Crippen molar-refractivity contribution in [3.8, 4) is 0 Å². The van der Waals surface area contributed by atoms with Gasteiger partial charge in [-0.1, -0.05) is 13.8 Å². The number of aromatic nitrogens is 1. The lowest BCUT2D eigenvalue weighted by Gasteiger charge is -2.34. The number of nitrogens with two attached hydrogens (primary N) is 1. The number of anilines is 1. The van der Waals surface area contributed by atoms with Crippen LogP contribution < -0.4 is 11.1 Å². The zero-order valence-corrected chi connectivity index (χ0v) is 13.5. The largest absolute Gasteiger partial charge is 0.381 e. The number of carbonyl (C=O) groups excluding carboxylic acids is 1. The minimum absolute atomic E-state index is 0. The summed E-state index contributed by atoms with van der Waals surface area (Å²) in [5, 5.41) is 3.57. The highest BCUT2D eigenvalue weighted by molar-refractivity contribution is 7.15. The van der Waals surface area contributed by atoms with Gasteiger partial charge in [0, 0.05) is 30.8 Å². The summed E-state index contributed by atoms with van der Waals surface area (Å²) in [5.41, 5.74) is 5.31. The minimum atomic E-state index is -0.498. The van der Waals surface area contributed by atoms with Gasteiger partial charge in [-0.3, -0.25) is 4.79 Å². The van der Waals surface area contributed by atoms with E-state index in [1.165, 1.54) is 16.2 Å². The van der Waals surface area contributed by atoms with E-state index < -0.39 is 5.41 Å². The molecule has 1 aliphatic rings. The molecule has 0 spiro atoms. The standard InChI is InChI=1S/C13H21N3O2S.ClH/c1-9(2)10-7-15-12(19-10)16-11(17)13(8-14)3-5-18-6-4-13;/h7,9H,3-6,8,14H2,1-2H3,(H,15,16,17);1H. The Labute approximate surface area is 129 Å². The molecule has 1 aliphatic heterocycles. The Bertz CT molecular complexity index is 445. The second-order valence-corrected chi connectivity index (χ2v) is 6.34. The molecule has 3 N–H and O–H groups in total. The first kappa shape index (κ1) is 17.4.